The lowest BCUT2D eigenvalue weighted by molar-refractivity contribution is -0.145. The Morgan fingerprint density at radius 3 is 2.56 bits per heavy atom. The van der Waals surface area contributed by atoms with Crippen LogP contribution >= 0.6 is 11.3 Å². The van der Waals surface area contributed by atoms with Gasteiger partial charge in [-0.2, -0.15) is 21.1 Å². The van der Waals surface area contributed by atoms with Gasteiger partial charge < -0.3 is 20.2 Å². The number of anilines is 1. The van der Waals surface area contributed by atoms with Gasteiger partial charge in [0.1, 0.15) is 17.7 Å². The van der Waals surface area contributed by atoms with Crippen molar-refractivity contribution in [1.29, 1.82) is 0 Å². The molecule has 1 saturated heterocycles. The Bertz CT molecular complexity index is 1240. The molecule has 3 aromatic rings. The third-order valence-corrected chi connectivity index (χ3v) is 7.10. The van der Waals surface area contributed by atoms with Crippen LogP contribution in [0.1, 0.15) is 40.9 Å². The number of aliphatic carboxylic acids is 1. The van der Waals surface area contributed by atoms with Crippen molar-refractivity contribution in [2.75, 3.05) is 26.0 Å². The molecule has 2 amide bonds. The number of hydrogen-bond acceptors (Lipinski definition) is 6. The van der Waals surface area contributed by atoms with Gasteiger partial charge in [0, 0.05) is 44.5 Å². The van der Waals surface area contributed by atoms with Gasteiger partial charge in [-0.3, -0.25) is 4.79 Å². The van der Waals surface area contributed by atoms with Gasteiger partial charge >= 0.3 is 12.0 Å². The molecule has 9 nitrogen and oxygen atoms in total. The zero-order chi connectivity index (χ0) is 26.0. The molecule has 3 atom stereocenters. The first-order valence-electron chi connectivity index (χ1n) is 11.5. The highest BCUT2D eigenvalue weighted by atomic mass is 32.1. The molecule has 1 aliphatic heterocycles. The van der Waals surface area contributed by atoms with Crippen LogP contribution in [0.3, 0.4) is 0 Å². The van der Waals surface area contributed by atoms with Crippen LogP contribution in [0, 0.1) is 11.7 Å². The number of carbonyl (C=O) groups is 3. The van der Waals surface area contributed by atoms with E-state index in [0.717, 1.165) is 5.56 Å². The lowest BCUT2D eigenvalue weighted by Gasteiger charge is -2.42. The highest BCUT2D eigenvalue weighted by Gasteiger charge is 2.45. The molecule has 1 aromatic carbocycles. The normalized spacial score (nSPS) is 19.7. The largest absolute Gasteiger partial charge is 0.480 e. The number of halogens is 1. The van der Waals surface area contributed by atoms with Crippen LogP contribution in [0.2, 0.25) is 0 Å². The third-order valence-electron chi connectivity index (χ3n) is 6.41. The zero-order valence-corrected chi connectivity index (χ0v) is 21.0. The lowest BCUT2D eigenvalue weighted by atomic mass is 9.78. The van der Waals surface area contributed by atoms with Crippen molar-refractivity contribution < 1.29 is 23.9 Å². The van der Waals surface area contributed by atoms with Crippen LogP contribution in [0.4, 0.5) is 15.0 Å². The first kappa shape index (κ1) is 25.4. The van der Waals surface area contributed by atoms with E-state index in [4.69, 9.17) is 0 Å². The number of rotatable bonds is 6. The second kappa shape index (κ2) is 10.5. The Morgan fingerprint density at radius 2 is 1.94 bits per heavy atom. The summed E-state index contributed by atoms with van der Waals surface area (Å²) in [6.45, 7) is 2.55. The molecule has 2 N–H and O–H groups in total. The van der Waals surface area contributed by atoms with Crippen LogP contribution in [-0.2, 0) is 11.3 Å². The van der Waals surface area contributed by atoms with Crippen molar-refractivity contribution in [3.05, 3.63) is 69.8 Å². The number of piperidine rings is 1. The van der Waals surface area contributed by atoms with Crippen molar-refractivity contribution in [2.24, 2.45) is 5.92 Å². The predicted octanol–water partition coefficient (Wildman–Crippen LogP) is 3.94. The van der Waals surface area contributed by atoms with E-state index in [1.165, 1.54) is 38.0 Å². The van der Waals surface area contributed by atoms with Gasteiger partial charge in [-0.05, 0) is 41.5 Å². The first-order chi connectivity index (χ1) is 17.2. The van der Waals surface area contributed by atoms with Crippen molar-refractivity contribution in [3.8, 4) is 0 Å². The van der Waals surface area contributed by atoms with Crippen LogP contribution in [0.15, 0.2) is 47.2 Å². The summed E-state index contributed by atoms with van der Waals surface area (Å²) in [7, 11) is 3.17. The molecule has 0 radical (unpaired) electrons. The summed E-state index contributed by atoms with van der Waals surface area (Å²) in [5.41, 5.74) is 1.66. The Balaban J connectivity index is 1.73. The van der Waals surface area contributed by atoms with Crippen LogP contribution < -0.4 is 5.32 Å². The summed E-state index contributed by atoms with van der Waals surface area (Å²) in [4.78, 5) is 41.2. The molecular formula is C25H28FN5O4S. The maximum Gasteiger partial charge on any atom is 0.327 e. The number of carboxylic acids is 1. The highest BCUT2D eigenvalue weighted by Crippen LogP contribution is 2.38. The van der Waals surface area contributed by atoms with E-state index in [0.29, 0.717) is 36.6 Å². The minimum atomic E-state index is -1.13. The van der Waals surface area contributed by atoms with Crippen molar-refractivity contribution >= 4 is 35.1 Å². The smallest absolute Gasteiger partial charge is 0.327 e. The van der Waals surface area contributed by atoms with E-state index in [2.05, 4.69) is 10.4 Å². The van der Waals surface area contributed by atoms with E-state index in [9.17, 15) is 23.9 Å². The number of hydrogen-bond donors (Lipinski definition) is 2. The number of carbonyl (C=O) groups excluding carboxylic acids is 2. The van der Waals surface area contributed by atoms with E-state index in [-0.39, 0.29) is 23.7 Å². The SMILES string of the molecule is CC1CCN(C(=O)N(C)C)C(C(=O)O)C1c1cc(NCc2ccc(F)cc2)n(C(=O)c2ccsc2)n1. The molecule has 2 aromatic heterocycles. The van der Waals surface area contributed by atoms with E-state index in [1.54, 1.807) is 49.1 Å². The number of carboxylic acid groups (broad SMARTS) is 1. The highest BCUT2D eigenvalue weighted by molar-refractivity contribution is 7.08. The number of likely N-dealkylation sites (tertiary alicyclic amines) is 1. The molecule has 36 heavy (non-hydrogen) atoms. The van der Waals surface area contributed by atoms with Gasteiger partial charge in [0.15, 0.2) is 0 Å². The Kier molecular flexibility index (Phi) is 7.39. The Labute approximate surface area is 212 Å². The molecule has 0 spiro atoms. The number of amides is 2. The Hall–Kier alpha value is -3.73. The summed E-state index contributed by atoms with van der Waals surface area (Å²) in [5, 5.41) is 21.4. The fourth-order valence-electron chi connectivity index (χ4n) is 4.52. The molecule has 1 aliphatic rings. The topological polar surface area (TPSA) is 108 Å². The van der Waals surface area contributed by atoms with Gasteiger partial charge in [-0.25, -0.2) is 14.0 Å². The fraction of sp³-hybridized carbons (Fsp3) is 0.360. The Morgan fingerprint density at radius 1 is 1.22 bits per heavy atom. The molecule has 3 unspecified atom stereocenters. The van der Waals surface area contributed by atoms with E-state index in [1.807, 2.05) is 6.92 Å². The fourth-order valence-corrected chi connectivity index (χ4v) is 5.15. The summed E-state index contributed by atoms with van der Waals surface area (Å²) in [5.74, 6) is -2.16. The number of urea groups is 1. The number of nitrogens with zero attached hydrogens (tertiary/aromatic N) is 4. The van der Waals surface area contributed by atoms with Gasteiger partial charge in [0.05, 0.1) is 11.3 Å². The molecule has 3 heterocycles. The maximum atomic E-state index is 13.3. The van der Waals surface area contributed by atoms with Crippen LogP contribution in [-0.4, -0.2) is 69.3 Å². The van der Waals surface area contributed by atoms with Gasteiger partial charge in [-0.1, -0.05) is 19.1 Å². The number of aromatic nitrogens is 2. The second-order valence-corrected chi connectivity index (χ2v) is 9.89. The lowest BCUT2D eigenvalue weighted by Crippen LogP contribution is -2.56. The minimum Gasteiger partial charge on any atom is -0.480 e. The van der Waals surface area contributed by atoms with Gasteiger partial charge in [0.2, 0.25) is 0 Å². The molecule has 0 aliphatic carbocycles. The van der Waals surface area contributed by atoms with E-state index < -0.39 is 17.9 Å². The second-order valence-electron chi connectivity index (χ2n) is 9.11. The molecular weight excluding hydrogens is 485 g/mol. The molecule has 0 saturated carbocycles. The zero-order valence-electron chi connectivity index (χ0n) is 20.2. The van der Waals surface area contributed by atoms with Crippen molar-refractivity contribution in [3.63, 3.8) is 0 Å². The van der Waals surface area contributed by atoms with Crippen LogP contribution in [0.25, 0.3) is 0 Å². The summed E-state index contributed by atoms with van der Waals surface area (Å²) in [6.07, 6.45) is 0.595. The number of nitrogens with one attached hydrogen (secondary N) is 1. The quantitative estimate of drug-likeness (QED) is 0.517. The monoisotopic (exact) mass is 513 g/mol. The van der Waals surface area contributed by atoms with Crippen LogP contribution in [0.5, 0.6) is 0 Å². The molecule has 1 fully saturated rings. The standard InChI is InChI=1S/C25H28FN5O4S/c1-15-8-10-30(25(35)29(2)3)22(24(33)34)21(15)19-12-20(27-13-16-4-6-18(26)7-5-16)31(28-19)23(32)17-9-11-36-14-17/h4-7,9,11-12,14-15,21-22,27H,8,10,13H2,1-3H3,(H,33,34). The van der Waals surface area contributed by atoms with Gasteiger partial charge in [-0.15, -0.1) is 0 Å². The number of thiophene rings is 1. The van der Waals surface area contributed by atoms with E-state index >= 15 is 0 Å². The summed E-state index contributed by atoms with van der Waals surface area (Å²) in [6, 6.07) is 7.84. The average molecular weight is 514 g/mol. The average Bonchev–Trinajstić information content (AvgIpc) is 3.53. The maximum absolute atomic E-state index is 13.3. The third kappa shape index (κ3) is 5.11. The predicted molar refractivity (Wildman–Crippen MR) is 134 cm³/mol. The molecule has 11 heteroatoms. The van der Waals surface area contributed by atoms with Crippen molar-refractivity contribution in [1.82, 2.24) is 19.6 Å². The molecule has 190 valence electrons. The number of benzene rings is 1. The van der Waals surface area contributed by atoms with Crippen molar-refractivity contribution in [2.45, 2.75) is 31.8 Å². The minimum absolute atomic E-state index is 0.0955. The summed E-state index contributed by atoms with van der Waals surface area (Å²) >= 11 is 1.38. The first-order valence-corrected chi connectivity index (χ1v) is 12.5. The summed E-state index contributed by atoms with van der Waals surface area (Å²) < 4.78 is 14.5. The van der Waals surface area contributed by atoms with Gasteiger partial charge in [0.25, 0.3) is 5.91 Å². The molecule has 0 bridgehead atoms. The molecule has 4 rings (SSSR count).